The highest BCUT2D eigenvalue weighted by Crippen LogP contribution is 2.45. The van der Waals surface area contributed by atoms with Crippen molar-refractivity contribution >= 4 is 77.1 Å². The minimum Gasteiger partial charge on any atom is -0.423 e. The van der Waals surface area contributed by atoms with E-state index in [1.165, 1.54) is 20.2 Å². The molecule has 0 N–H and O–H groups in total. The smallest absolute Gasteiger partial charge is 0.306 e. The molecule has 11 heteroatoms. The van der Waals surface area contributed by atoms with Gasteiger partial charge in [0.25, 0.3) is 0 Å². The molecule has 10 nitrogen and oxygen atoms in total. The van der Waals surface area contributed by atoms with Gasteiger partial charge < -0.3 is 9.15 Å². The molecular formula is C52H36N8O2S. The van der Waals surface area contributed by atoms with Crippen molar-refractivity contribution in [3.05, 3.63) is 181 Å². The number of fused-ring (bicyclic) bond motifs is 7. The highest BCUT2D eigenvalue weighted by Gasteiger charge is 2.38. The zero-order valence-corrected chi connectivity index (χ0v) is 34.5. The molecule has 5 heterocycles. The maximum absolute atomic E-state index is 6.64. The number of para-hydroxylation sites is 5. The number of anilines is 3. The largest absolute Gasteiger partial charge is 0.423 e. The molecule has 63 heavy (non-hydrogen) atoms. The molecule has 0 bridgehead atoms. The Kier molecular flexibility index (Phi) is 8.31. The van der Waals surface area contributed by atoms with Crippen molar-refractivity contribution in [3.63, 3.8) is 0 Å². The van der Waals surface area contributed by atoms with E-state index in [0.29, 0.717) is 11.6 Å². The van der Waals surface area contributed by atoms with Crippen LogP contribution in [0.4, 0.5) is 17.4 Å². The van der Waals surface area contributed by atoms with Gasteiger partial charge in [-0.25, -0.2) is 25.0 Å². The number of hydrogen-bond donors (Lipinski definition) is 0. The average Bonchev–Trinajstić information content (AvgIpc) is 4.18. The fourth-order valence-corrected chi connectivity index (χ4v) is 10.4. The van der Waals surface area contributed by atoms with Gasteiger partial charge in [-0.05, 0) is 90.7 Å². The number of thiophene rings is 1. The lowest BCUT2D eigenvalue weighted by molar-refractivity contribution is 0.0656. The molecule has 3 unspecified atom stereocenters. The molecule has 0 saturated heterocycles. The summed E-state index contributed by atoms with van der Waals surface area (Å²) in [4.78, 5) is 34.4. The van der Waals surface area contributed by atoms with E-state index in [2.05, 4.69) is 108 Å². The van der Waals surface area contributed by atoms with Crippen LogP contribution in [0.3, 0.4) is 0 Å². The lowest BCUT2D eigenvalue weighted by Crippen LogP contribution is -2.41. The Labute approximate surface area is 365 Å². The fourth-order valence-electron chi connectivity index (χ4n) is 9.16. The molecule has 3 aliphatic heterocycles. The first-order valence-corrected chi connectivity index (χ1v) is 22.0. The Balaban J connectivity index is 0.900. The Morgan fingerprint density at radius 1 is 0.651 bits per heavy atom. The summed E-state index contributed by atoms with van der Waals surface area (Å²) in [6.45, 7) is 0. The van der Waals surface area contributed by atoms with Crippen LogP contribution in [0.2, 0.25) is 0 Å². The van der Waals surface area contributed by atoms with Gasteiger partial charge in [0.2, 0.25) is 18.9 Å². The van der Waals surface area contributed by atoms with Crippen LogP contribution in [-0.2, 0) is 4.74 Å². The van der Waals surface area contributed by atoms with Crippen LogP contribution < -0.4 is 20.5 Å². The molecule has 0 saturated carbocycles. The average molecular weight is 837 g/mol. The summed E-state index contributed by atoms with van der Waals surface area (Å²) in [6, 6.07) is 46.5. The molecule has 0 radical (unpaired) electrons. The van der Waals surface area contributed by atoms with Gasteiger partial charge in [-0.3, -0.25) is 9.80 Å². The monoisotopic (exact) mass is 836 g/mol. The van der Waals surface area contributed by atoms with Gasteiger partial charge in [0.15, 0.2) is 5.58 Å². The number of ether oxygens (including phenoxy) is 1. The van der Waals surface area contributed by atoms with Crippen molar-refractivity contribution in [2.24, 2.45) is 25.0 Å². The van der Waals surface area contributed by atoms with E-state index in [1.54, 1.807) is 0 Å². The summed E-state index contributed by atoms with van der Waals surface area (Å²) in [5.74, 6) is 0. The van der Waals surface area contributed by atoms with Crippen molar-refractivity contribution in [1.29, 1.82) is 0 Å². The summed E-state index contributed by atoms with van der Waals surface area (Å²) in [7, 11) is 0. The second-order valence-electron chi connectivity index (χ2n) is 16.0. The second-order valence-corrected chi connectivity index (χ2v) is 17.0. The molecule has 6 aromatic carbocycles. The standard InChI is InChI=1S/C52H36N8O2S/c1-8-24-44(60(50-55-40-20-4-5-21-41(40)56-50)52-58-43-23-7-10-26-46(43)62-52)34(15-1)36-16-12-17-37-35-28-27-32(30-47(35)63-48(36)37)31-13-11-14-33(29-31)59(49-53-38-18-2-3-19-39(38)54-49)51-57-42-22-6-9-25-45(42)61-51/h1-4,6-20,22-30,46,49-50,52H,5,21H2. The molecule has 0 amide bonds. The molecule has 0 spiro atoms. The third-order valence-electron chi connectivity index (χ3n) is 12.2. The summed E-state index contributed by atoms with van der Waals surface area (Å²) >= 11 is 1.81. The lowest BCUT2D eigenvalue weighted by Gasteiger charge is -2.32. The van der Waals surface area contributed by atoms with Crippen LogP contribution in [0.5, 0.6) is 0 Å². The van der Waals surface area contributed by atoms with E-state index < -0.39 is 18.9 Å². The summed E-state index contributed by atoms with van der Waals surface area (Å²) in [5, 5.41) is 4.10. The highest BCUT2D eigenvalue weighted by molar-refractivity contribution is 7.26. The van der Waals surface area contributed by atoms with Gasteiger partial charge >= 0.3 is 6.01 Å². The summed E-state index contributed by atoms with van der Waals surface area (Å²) < 4.78 is 15.4. The zero-order chi connectivity index (χ0) is 41.4. The molecular weight excluding hydrogens is 801 g/mol. The topological polar surface area (TPSA) is 104 Å². The molecule has 2 aliphatic carbocycles. The number of aliphatic imine (C=N–C) groups is 3. The van der Waals surface area contributed by atoms with Crippen molar-refractivity contribution in [2.75, 3.05) is 9.80 Å². The molecule has 13 rings (SSSR count). The zero-order valence-electron chi connectivity index (χ0n) is 33.7. The molecule has 3 atom stereocenters. The predicted molar refractivity (Wildman–Crippen MR) is 253 cm³/mol. The quantitative estimate of drug-likeness (QED) is 0.152. The number of allylic oxidation sites excluding steroid dienone is 4. The Morgan fingerprint density at radius 3 is 2.37 bits per heavy atom. The van der Waals surface area contributed by atoms with Gasteiger partial charge in [0.1, 0.15) is 11.6 Å². The third-order valence-corrected chi connectivity index (χ3v) is 13.4. The predicted octanol–water partition coefficient (Wildman–Crippen LogP) is 10.5. The van der Waals surface area contributed by atoms with Gasteiger partial charge in [-0.15, -0.1) is 11.3 Å². The van der Waals surface area contributed by atoms with Crippen molar-refractivity contribution in [1.82, 2.24) is 4.98 Å². The Bertz CT molecular complexity index is 3460. The summed E-state index contributed by atoms with van der Waals surface area (Å²) in [5.41, 5.74) is 10.6. The minimum absolute atomic E-state index is 0.214. The maximum atomic E-state index is 6.64. The van der Waals surface area contributed by atoms with Crippen molar-refractivity contribution in [2.45, 2.75) is 37.9 Å². The first kappa shape index (κ1) is 36.1. The van der Waals surface area contributed by atoms with E-state index in [4.69, 9.17) is 39.1 Å². The van der Waals surface area contributed by atoms with Crippen molar-refractivity contribution in [3.8, 4) is 22.3 Å². The summed E-state index contributed by atoms with van der Waals surface area (Å²) in [6.07, 6.45) is 12.3. The lowest BCUT2D eigenvalue weighted by atomic mass is 9.99. The molecule has 2 aromatic heterocycles. The van der Waals surface area contributed by atoms with E-state index in [1.807, 2.05) is 83.0 Å². The van der Waals surface area contributed by atoms with E-state index in [0.717, 1.165) is 79.8 Å². The normalized spacial score (nSPS) is 19.7. The van der Waals surface area contributed by atoms with Gasteiger partial charge in [-0.2, -0.15) is 4.98 Å². The number of nitrogens with zero attached hydrogens (tertiary/aromatic N) is 8. The number of rotatable bonds is 8. The maximum Gasteiger partial charge on any atom is 0.306 e. The number of oxazole rings is 1. The minimum atomic E-state index is -0.605. The number of aromatic nitrogens is 1. The van der Waals surface area contributed by atoms with Crippen LogP contribution >= 0.6 is 11.3 Å². The van der Waals surface area contributed by atoms with Gasteiger partial charge in [-0.1, -0.05) is 103 Å². The van der Waals surface area contributed by atoms with Gasteiger partial charge in [0.05, 0.1) is 39.2 Å². The molecule has 5 aliphatic rings. The first-order chi connectivity index (χ1) is 31.2. The van der Waals surface area contributed by atoms with Crippen LogP contribution in [0.15, 0.2) is 199 Å². The van der Waals surface area contributed by atoms with E-state index in [-0.39, 0.29) is 6.10 Å². The van der Waals surface area contributed by atoms with E-state index >= 15 is 0 Å². The highest BCUT2D eigenvalue weighted by atomic mass is 32.1. The fraction of sp³-hybridized carbons (Fsp3) is 0.115. The SMILES string of the molecule is C1=CC2=NC(N(c3ccccc3-c3cccc4c3sc3cc(-c5cccc(N(c6nc7ccccc7o6)C6N=c7ccccc7=N6)c5)ccc34)C3N=C4C=CCCC4=N3)OC2C=C1. The Morgan fingerprint density at radius 2 is 1.48 bits per heavy atom. The van der Waals surface area contributed by atoms with Crippen molar-refractivity contribution < 1.29 is 9.15 Å². The van der Waals surface area contributed by atoms with Crippen LogP contribution in [0, 0.1) is 0 Å². The molecule has 302 valence electrons. The second kappa shape index (κ2) is 14.5. The van der Waals surface area contributed by atoms with Crippen LogP contribution in [0.25, 0.3) is 53.5 Å². The molecule has 8 aromatic rings. The number of benzene rings is 6. The van der Waals surface area contributed by atoms with Gasteiger partial charge in [0, 0.05) is 31.3 Å². The van der Waals surface area contributed by atoms with E-state index in [9.17, 15) is 0 Å². The molecule has 0 fully saturated rings. The number of hydrogen-bond acceptors (Lipinski definition) is 11. The first-order valence-electron chi connectivity index (χ1n) is 21.2. The van der Waals surface area contributed by atoms with Crippen LogP contribution in [0.1, 0.15) is 12.8 Å². The third kappa shape index (κ3) is 6.11. The Hall–Kier alpha value is -7.60. The van der Waals surface area contributed by atoms with Crippen LogP contribution in [-0.4, -0.2) is 47.2 Å².